The lowest BCUT2D eigenvalue weighted by Crippen LogP contribution is -1.93. The lowest BCUT2D eigenvalue weighted by atomic mass is 10.1. The van der Waals surface area contributed by atoms with Crippen molar-refractivity contribution in [3.63, 3.8) is 0 Å². The van der Waals surface area contributed by atoms with Gasteiger partial charge in [-0.2, -0.15) is 0 Å². The molecule has 0 aliphatic carbocycles. The van der Waals surface area contributed by atoms with Crippen molar-refractivity contribution in [3.8, 4) is 22.7 Å². The lowest BCUT2D eigenvalue weighted by Gasteiger charge is -2.01. The van der Waals surface area contributed by atoms with Gasteiger partial charge in [-0.05, 0) is 19.1 Å². The van der Waals surface area contributed by atoms with Crippen LogP contribution in [0.25, 0.3) is 22.7 Å². The zero-order chi connectivity index (χ0) is 16.4. The van der Waals surface area contributed by atoms with E-state index in [9.17, 15) is 0 Å². The Labute approximate surface area is 143 Å². The SMILES string of the molecule is Cc1cccc(Nc2nc(-c3cc(-c4ccccc4)no3)cs2)n1. The molecular formula is C18H14N4OS. The van der Waals surface area contributed by atoms with E-state index < -0.39 is 0 Å². The van der Waals surface area contributed by atoms with Crippen molar-refractivity contribution in [1.29, 1.82) is 0 Å². The Kier molecular flexibility index (Phi) is 3.80. The second-order valence-corrected chi connectivity index (χ2v) is 6.13. The minimum Gasteiger partial charge on any atom is -0.354 e. The molecule has 0 saturated heterocycles. The largest absolute Gasteiger partial charge is 0.354 e. The maximum atomic E-state index is 5.44. The van der Waals surface area contributed by atoms with Gasteiger partial charge in [-0.25, -0.2) is 9.97 Å². The summed E-state index contributed by atoms with van der Waals surface area (Å²) in [6.45, 7) is 1.96. The molecule has 3 aromatic heterocycles. The Hall–Kier alpha value is -2.99. The average Bonchev–Trinajstić information content (AvgIpc) is 3.25. The van der Waals surface area contributed by atoms with E-state index in [1.807, 2.05) is 66.9 Å². The van der Waals surface area contributed by atoms with Crippen molar-refractivity contribution in [2.45, 2.75) is 6.92 Å². The summed E-state index contributed by atoms with van der Waals surface area (Å²) in [6, 6.07) is 17.7. The maximum absolute atomic E-state index is 5.44. The standard InChI is InChI=1S/C18H14N4OS/c1-12-6-5-9-17(19-12)21-18-20-15(11-24-18)16-10-14(22-23-16)13-7-3-2-4-8-13/h2-11H,1H3,(H,19,20,21). The van der Waals surface area contributed by atoms with Crippen LogP contribution in [0.5, 0.6) is 0 Å². The molecule has 0 saturated carbocycles. The minimum atomic E-state index is 0.648. The van der Waals surface area contributed by atoms with Crippen LogP contribution >= 0.6 is 11.3 Å². The highest BCUT2D eigenvalue weighted by Gasteiger charge is 2.12. The molecule has 3 heterocycles. The highest BCUT2D eigenvalue weighted by atomic mass is 32.1. The monoisotopic (exact) mass is 334 g/mol. The molecule has 0 bridgehead atoms. The number of aromatic nitrogens is 3. The van der Waals surface area contributed by atoms with E-state index in [1.54, 1.807) is 0 Å². The summed E-state index contributed by atoms with van der Waals surface area (Å²) in [5, 5.41) is 10.0. The Morgan fingerprint density at radius 2 is 1.83 bits per heavy atom. The summed E-state index contributed by atoms with van der Waals surface area (Å²) in [7, 11) is 0. The van der Waals surface area contributed by atoms with Crippen LogP contribution in [0.2, 0.25) is 0 Å². The molecule has 5 nitrogen and oxygen atoms in total. The number of nitrogens with one attached hydrogen (secondary N) is 1. The molecule has 0 spiro atoms. The molecule has 4 rings (SSSR count). The van der Waals surface area contributed by atoms with Gasteiger partial charge in [0.25, 0.3) is 0 Å². The Morgan fingerprint density at radius 1 is 0.958 bits per heavy atom. The molecule has 0 fully saturated rings. The van der Waals surface area contributed by atoms with Gasteiger partial charge in [0.2, 0.25) is 0 Å². The minimum absolute atomic E-state index is 0.648. The molecule has 0 amide bonds. The third kappa shape index (κ3) is 3.04. The number of nitrogens with zero attached hydrogens (tertiary/aromatic N) is 3. The van der Waals surface area contributed by atoms with Crippen molar-refractivity contribution >= 4 is 22.3 Å². The van der Waals surface area contributed by atoms with Crippen molar-refractivity contribution in [3.05, 3.63) is 65.7 Å². The van der Waals surface area contributed by atoms with E-state index in [1.165, 1.54) is 11.3 Å². The summed E-state index contributed by atoms with van der Waals surface area (Å²) in [4.78, 5) is 8.96. The Bertz CT molecular complexity index is 962. The van der Waals surface area contributed by atoms with E-state index in [-0.39, 0.29) is 0 Å². The van der Waals surface area contributed by atoms with E-state index in [2.05, 4.69) is 20.4 Å². The number of pyridine rings is 1. The van der Waals surface area contributed by atoms with E-state index >= 15 is 0 Å². The van der Waals surface area contributed by atoms with Crippen LogP contribution in [0, 0.1) is 6.92 Å². The first-order valence-corrected chi connectivity index (χ1v) is 8.34. The highest BCUT2D eigenvalue weighted by molar-refractivity contribution is 7.14. The zero-order valence-electron chi connectivity index (χ0n) is 12.9. The van der Waals surface area contributed by atoms with Crippen molar-refractivity contribution in [2.75, 3.05) is 5.32 Å². The second kappa shape index (κ2) is 6.25. The number of benzene rings is 1. The number of hydrogen-bond acceptors (Lipinski definition) is 6. The third-order valence-corrected chi connectivity index (χ3v) is 4.22. The second-order valence-electron chi connectivity index (χ2n) is 5.27. The predicted molar refractivity (Wildman–Crippen MR) is 95.3 cm³/mol. The van der Waals surface area contributed by atoms with Crippen LogP contribution in [0.1, 0.15) is 5.69 Å². The van der Waals surface area contributed by atoms with Crippen LogP contribution in [0.4, 0.5) is 10.9 Å². The quantitative estimate of drug-likeness (QED) is 0.574. The van der Waals surface area contributed by atoms with Gasteiger partial charge in [0.1, 0.15) is 17.2 Å². The predicted octanol–water partition coefficient (Wildman–Crippen LogP) is 4.91. The topological polar surface area (TPSA) is 63.8 Å². The summed E-state index contributed by atoms with van der Waals surface area (Å²) in [5.41, 5.74) is 3.53. The van der Waals surface area contributed by atoms with Gasteiger partial charge in [-0.15, -0.1) is 11.3 Å². The van der Waals surface area contributed by atoms with Crippen molar-refractivity contribution in [2.24, 2.45) is 0 Å². The fourth-order valence-electron chi connectivity index (χ4n) is 2.31. The van der Waals surface area contributed by atoms with Gasteiger partial charge < -0.3 is 9.84 Å². The van der Waals surface area contributed by atoms with Crippen molar-refractivity contribution in [1.82, 2.24) is 15.1 Å². The first-order chi connectivity index (χ1) is 11.8. The van der Waals surface area contributed by atoms with Gasteiger partial charge in [0.15, 0.2) is 10.9 Å². The van der Waals surface area contributed by atoms with Gasteiger partial charge >= 0.3 is 0 Å². The lowest BCUT2D eigenvalue weighted by molar-refractivity contribution is 0.434. The van der Waals surface area contributed by atoms with Crippen LogP contribution in [-0.4, -0.2) is 15.1 Å². The number of hydrogen-bond donors (Lipinski definition) is 1. The first-order valence-electron chi connectivity index (χ1n) is 7.47. The summed E-state index contributed by atoms with van der Waals surface area (Å²) >= 11 is 1.50. The fourth-order valence-corrected chi connectivity index (χ4v) is 3.01. The Morgan fingerprint density at radius 3 is 2.67 bits per heavy atom. The van der Waals surface area contributed by atoms with Gasteiger partial charge in [-0.1, -0.05) is 41.6 Å². The Balaban J connectivity index is 1.56. The van der Waals surface area contributed by atoms with E-state index in [0.29, 0.717) is 5.76 Å². The molecule has 6 heteroatoms. The maximum Gasteiger partial charge on any atom is 0.188 e. The zero-order valence-corrected chi connectivity index (χ0v) is 13.7. The molecule has 1 N–H and O–H groups in total. The highest BCUT2D eigenvalue weighted by Crippen LogP contribution is 2.29. The molecule has 0 aliphatic heterocycles. The summed E-state index contributed by atoms with van der Waals surface area (Å²) in [6.07, 6.45) is 0. The third-order valence-electron chi connectivity index (χ3n) is 3.46. The van der Waals surface area contributed by atoms with Gasteiger partial charge in [0.05, 0.1) is 0 Å². The molecular weight excluding hydrogens is 320 g/mol. The van der Waals surface area contributed by atoms with Crippen LogP contribution in [0.15, 0.2) is 64.5 Å². The van der Waals surface area contributed by atoms with Crippen LogP contribution < -0.4 is 5.32 Å². The van der Waals surface area contributed by atoms with Crippen molar-refractivity contribution < 1.29 is 4.52 Å². The molecule has 1 aromatic carbocycles. The van der Waals surface area contributed by atoms with E-state index in [0.717, 1.165) is 33.6 Å². The number of thiazole rings is 1. The fraction of sp³-hybridized carbons (Fsp3) is 0.0556. The van der Waals surface area contributed by atoms with Crippen LogP contribution in [0.3, 0.4) is 0 Å². The molecule has 0 aliphatic rings. The summed E-state index contributed by atoms with van der Waals surface area (Å²) < 4.78 is 5.44. The summed E-state index contributed by atoms with van der Waals surface area (Å²) in [5.74, 6) is 1.42. The number of aryl methyl sites for hydroxylation is 1. The van der Waals surface area contributed by atoms with E-state index in [4.69, 9.17) is 4.52 Å². The molecule has 118 valence electrons. The molecule has 24 heavy (non-hydrogen) atoms. The average molecular weight is 334 g/mol. The molecule has 4 aromatic rings. The smallest absolute Gasteiger partial charge is 0.188 e. The first kappa shape index (κ1) is 14.6. The van der Waals surface area contributed by atoms with Gasteiger partial charge in [-0.3, -0.25) is 0 Å². The number of anilines is 2. The molecule has 0 radical (unpaired) electrons. The molecule has 0 unspecified atom stereocenters. The number of rotatable bonds is 4. The van der Waals surface area contributed by atoms with Gasteiger partial charge in [0, 0.05) is 22.7 Å². The normalized spacial score (nSPS) is 10.7. The molecule has 0 atom stereocenters. The van der Waals surface area contributed by atoms with Crippen LogP contribution in [-0.2, 0) is 0 Å².